The van der Waals surface area contributed by atoms with Crippen molar-refractivity contribution in [3.63, 3.8) is 0 Å². The van der Waals surface area contributed by atoms with Gasteiger partial charge in [-0.2, -0.15) is 5.11 Å². The number of amides is 1. The number of rotatable bonds is 0. The molecule has 1 aliphatic heterocycles. The number of hydrogen-bond donors (Lipinski definition) is 0. The molecule has 1 aliphatic rings. The Morgan fingerprint density at radius 1 is 1.38 bits per heavy atom. The first-order valence-corrected chi connectivity index (χ1v) is 3.73. The highest BCUT2D eigenvalue weighted by Crippen LogP contribution is 2.21. The maximum absolute atomic E-state index is 9.90. The number of aldehydes is 1. The molecule has 13 heavy (non-hydrogen) atoms. The van der Waals surface area contributed by atoms with Gasteiger partial charge in [0.2, 0.25) is 3.79 Å². The highest BCUT2D eigenvalue weighted by Gasteiger charge is 2.16. The number of hydrogen-bond acceptors (Lipinski definition) is 3. The lowest BCUT2D eigenvalue weighted by Crippen LogP contribution is -2.00. The largest absolute Gasteiger partial charge is 0.299 e. The number of carbonyl (C=O) groups excluding carboxylic acids is 2. The Balaban J connectivity index is 0. The van der Waals surface area contributed by atoms with Crippen LogP contribution < -0.4 is 0 Å². The van der Waals surface area contributed by atoms with E-state index < -0.39 is 3.79 Å². The number of halogens is 3. The van der Waals surface area contributed by atoms with E-state index in [9.17, 15) is 9.59 Å². The van der Waals surface area contributed by atoms with E-state index in [-0.39, 0.29) is 19.6 Å². The number of carbonyl (C=O) groups is 2. The Morgan fingerprint density at radius 3 is 1.92 bits per heavy atom. The quantitative estimate of drug-likeness (QED) is 0.482. The molecule has 0 saturated carbocycles. The third-order valence-electron chi connectivity index (χ3n) is 0.574. The third kappa shape index (κ3) is 11.5. The monoisotopic (exact) mass is 240 g/mol. The van der Waals surface area contributed by atoms with Crippen molar-refractivity contribution in [3.8, 4) is 0 Å². The van der Waals surface area contributed by atoms with Crippen LogP contribution >= 0.6 is 34.8 Å². The molecule has 0 N–H and O–H groups in total. The summed E-state index contributed by atoms with van der Waals surface area (Å²) in [5, 5.41) is 6.37. The van der Waals surface area contributed by atoms with E-state index in [0.717, 1.165) is 0 Å². The van der Waals surface area contributed by atoms with Crippen molar-refractivity contribution in [1.82, 2.24) is 0 Å². The van der Waals surface area contributed by atoms with Gasteiger partial charge in [0, 0.05) is 13.5 Å². The fourth-order valence-electron chi connectivity index (χ4n) is 0.221. The van der Waals surface area contributed by atoms with E-state index in [4.69, 9.17) is 34.8 Å². The van der Waals surface area contributed by atoms with Crippen LogP contribution in [0.25, 0.3) is 0 Å². The molecule has 0 fully saturated rings. The first-order chi connectivity index (χ1) is 5.45. The lowest BCUT2D eigenvalue weighted by Gasteiger charge is -1.93. The van der Waals surface area contributed by atoms with Crippen LogP contribution in [-0.2, 0) is 9.59 Å². The van der Waals surface area contributed by atoms with E-state index >= 15 is 0 Å². The van der Waals surface area contributed by atoms with Crippen molar-refractivity contribution in [3.05, 3.63) is 19.7 Å². The SMILES string of the molecule is O=C1C=CN=N1.O=CC(Cl)(Cl)Cl.[C]. The normalized spacial score (nSPS) is 13.0. The van der Waals surface area contributed by atoms with Crippen molar-refractivity contribution >= 4 is 47.0 Å². The van der Waals surface area contributed by atoms with E-state index in [0.29, 0.717) is 0 Å². The van der Waals surface area contributed by atoms with Crippen LogP contribution in [0, 0.1) is 7.43 Å². The Labute approximate surface area is 90.6 Å². The average Bonchev–Trinajstić information content (AvgIpc) is 2.39. The second-order valence-electron chi connectivity index (χ2n) is 1.53. The Kier molecular flexibility index (Phi) is 8.10. The molecule has 4 nitrogen and oxygen atoms in total. The Morgan fingerprint density at radius 2 is 1.85 bits per heavy atom. The zero-order chi connectivity index (χ0) is 9.61. The molecule has 0 aromatic rings. The zero-order valence-corrected chi connectivity index (χ0v) is 8.34. The summed E-state index contributed by atoms with van der Waals surface area (Å²) in [4.78, 5) is 19.3. The molecule has 0 aromatic carbocycles. The molecule has 0 bridgehead atoms. The lowest BCUT2D eigenvalue weighted by molar-refractivity contribution is -0.113. The van der Waals surface area contributed by atoms with Crippen LogP contribution in [0.5, 0.6) is 0 Å². The van der Waals surface area contributed by atoms with Crippen molar-refractivity contribution in [2.75, 3.05) is 0 Å². The topological polar surface area (TPSA) is 58.9 Å². The van der Waals surface area contributed by atoms with E-state index in [1.54, 1.807) is 0 Å². The molecule has 4 radical (unpaired) electrons. The maximum Gasteiger partial charge on any atom is 0.289 e. The van der Waals surface area contributed by atoms with E-state index in [1.807, 2.05) is 0 Å². The maximum atomic E-state index is 9.90. The number of azo groups is 1. The van der Waals surface area contributed by atoms with Crippen LogP contribution in [0.3, 0.4) is 0 Å². The molecule has 70 valence electrons. The zero-order valence-electron chi connectivity index (χ0n) is 6.08. The first kappa shape index (κ1) is 15.0. The fraction of sp³-hybridized carbons (Fsp3) is 0.167. The molecule has 0 unspecified atom stereocenters. The van der Waals surface area contributed by atoms with Gasteiger partial charge in [0.05, 0.1) is 6.20 Å². The van der Waals surface area contributed by atoms with Gasteiger partial charge in [-0.15, -0.1) is 5.11 Å². The minimum atomic E-state index is -1.72. The molecule has 1 heterocycles. The van der Waals surface area contributed by atoms with Gasteiger partial charge < -0.3 is 0 Å². The van der Waals surface area contributed by atoms with Crippen molar-refractivity contribution in [1.29, 1.82) is 0 Å². The molecule has 0 aliphatic carbocycles. The molecule has 0 saturated heterocycles. The van der Waals surface area contributed by atoms with Crippen molar-refractivity contribution < 1.29 is 9.59 Å². The summed E-state index contributed by atoms with van der Waals surface area (Å²) >= 11 is 14.6. The fourth-order valence-corrected chi connectivity index (χ4v) is 0.221. The van der Waals surface area contributed by atoms with Gasteiger partial charge in [-0.3, -0.25) is 9.59 Å². The van der Waals surface area contributed by atoms with Crippen LogP contribution in [0.2, 0.25) is 0 Å². The highest BCUT2D eigenvalue weighted by molar-refractivity contribution is 6.74. The summed E-state index contributed by atoms with van der Waals surface area (Å²) in [7, 11) is 0. The van der Waals surface area contributed by atoms with Crippen molar-refractivity contribution in [2.24, 2.45) is 10.2 Å². The average molecular weight is 241 g/mol. The van der Waals surface area contributed by atoms with Crippen LogP contribution in [-0.4, -0.2) is 16.0 Å². The molecule has 0 atom stereocenters. The highest BCUT2D eigenvalue weighted by atomic mass is 35.6. The van der Waals surface area contributed by atoms with Gasteiger partial charge in [0.15, 0.2) is 6.29 Å². The smallest absolute Gasteiger partial charge is 0.289 e. The van der Waals surface area contributed by atoms with Gasteiger partial charge in [-0.1, -0.05) is 34.8 Å². The molecule has 1 rings (SSSR count). The lowest BCUT2D eigenvalue weighted by atomic mass is 10.6. The van der Waals surface area contributed by atoms with Gasteiger partial charge in [-0.05, 0) is 0 Å². The summed E-state index contributed by atoms with van der Waals surface area (Å²) in [5.41, 5.74) is 0. The van der Waals surface area contributed by atoms with Gasteiger partial charge in [0.25, 0.3) is 5.91 Å². The number of alkyl halides is 3. The predicted octanol–water partition coefficient (Wildman–Crippen LogP) is 2.13. The van der Waals surface area contributed by atoms with Gasteiger partial charge in [0.1, 0.15) is 0 Å². The second-order valence-corrected chi connectivity index (χ2v) is 3.90. The molecule has 7 heteroatoms. The molecule has 0 spiro atoms. The summed E-state index contributed by atoms with van der Waals surface area (Å²) in [5.74, 6) is -0.269. The van der Waals surface area contributed by atoms with Gasteiger partial charge >= 0.3 is 0 Å². The van der Waals surface area contributed by atoms with Crippen LogP contribution in [0.15, 0.2) is 22.5 Å². The minimum Gasteiger partial charge on any atom is -0.299 e. The summed E-state index contributed by atoms with van der Waals surface area (Å²) in [6.07, 6.45) is 2.90. The van der Waals surface area contributed by atoms with Crippen molar-refractivity contribution in [2.45, 2.75) is 3.79 Å². The first-order valence-electron chi connectivity index (χ1n) is 2.60. The van der Waals surface area contributed by atoms with E-state index in [1.165, 1.54) is 12.3 Å². The third-order valence-corrected chi connectivity index (χ3v) is 0.841. The minimum absolute atomic E-state index is 0. The summed E-state index contributed by atoms with van der Waals surface area (Å²) in [6.45, 7) is 0. The second kappa shape index (κ2) is 7.00. The summed E-state index contributed by atoms with van der Waals surface area (Å²) < 4.78 is -1.72. The molecule has 0 aromatic heterocycles. The molecular formula is C6H3Cl3N2O2. The van der Waals surface area contributed by atoms with Crippen LogP contribution in [0.4, 0.5) is 0 Å². The predicted molar refractivity (Wildman–Crippen MR) is 48.6 cm³/mol. The standard InChI is InChI=1S/C3H2N2O.C2HCl3O.C/c6-3-1-2-4-5-3;3-2(4,5)1-6;/h1-2H;1H;. The van der Waals surface area contributed by atoms with Crippen LogP contribution in [0.1, 0.15) is 0 Å². The Hall–Kier alpha value is -0.450. The van der Waals surface area contributed by atoms with E-state index in [2.05, 4.69) is 10.2 Å². The summed E-state index contributed by atoms with van der Waals surface area (Å²) in [6, 6.07) is 0. The molecule has 1 amide bonds. The molecular weight excluding hydrogens is 238 g/mol. The van der Waals surface area contributed by atoms with Gasteiger partial charge in [-0.25, -0.2) is 0 Å². The Bertz CT molecular complexity index is 219. The number of nitrogens with zero attached hydrogens (tertiary/aromatic N) is 2.